The summed E-state index contributed by atoms with van der Waals surface area (Å²) < 4.78 is 0.735. The van der Waals surface area contributed by atoms with Gasteiger partial charge in [-0.2, -0.15) is 4.73 Å². The van der Waals surface area contributed by atoms with E-state index in [1.165, 1.54) is 12.4 Å². The van der Waals surface area contributed by atoms with E-state index >= 15 is 0 Å². The minimum atomic E-state index is -0.199. The van der Waals surface area contributed by atoms with Crippen molar-refractivity contribution in [3.63, 3.8) is 0 Å². The quantitative estimate of drug-likeness (QED) is 0.283. The van der Waals surface area contributed by atoms with Gasteiger partial charge in [0, 0.05) is 45.7 Å². The third-order valence-electron chi connectivity index (χ3n) is 6.51. The lowest BCUT2D eigenvalue weighted by Gasteiger charge is -2.32. The second-order valence-corrected chi connectivity index (χ2v) is 9.32. The molecule has 178 valence electrons. The first-order chi connectivity index (χ1) is 17.0. The highest BCUT2D eigenvalue weighted by Crippen LogP contribution is 2.23. The Labute approximate surface area is 207 Å². The van der Waals surface area contributed by atoms with Crippen LogP contribution in [0.15, 0.2) is 73.1 Å². The van der Waals surface area contributed by atoms with Crippen LogP contribution in [-0.2, 0) is 0 Å². The van der Waals surface area contributed by atoms with Gasteiger partial charge in [-0.3, -0.25) is 9.59 Å². The molecule has 2 atom stereocenters. The van der Waals surface area contributed by atoms with Crippen LogP contribution in [0.5, 0.6) is 0 Å². The number of H-pyrrole nitrogens is 1. The van der Waals surface area contributed by atoms with Gasteiger partial charge in [-0.05, 0) is 60.4 Å². The lowest BCUT2D eigenvalue weighted by Crippen LogP contribution is -2.53. The van der Waals surface area contributed by atoms with Crippen molar-refractivity contribution >= 4 is 34.3 Å². The number of carbonyl (C=O) groups excluding carboxylic acids is 2. The standard InChI is InChI=1S/C27H25ClN4O3/c28-21-9-10-22-20(15-21)16-25(29-22)27(34)31-24-4-2-1-3-23(24)30-26(33)19-7-5-17(6-8-19)18-11-13-32(35)14-12-18/h5-16,23-24,29H,1-4H2,(H,30,33)(H,31,34). The Morgan fingerprint density at radius 1 is 0.857 bits per heavy atom. The van der Waals surface area contributed by atoms with Crippen molar-refractivity contribution in [3.05, 3.63) is 94.5 Å². The fraction of sp³-hybridized carbons (Fsp3) is 0.222. The van der Waals surface area contributed by atoms with E-state index in [0.717, 1.165) is 52.4 Å². The average molecular weight is 489 g/mol. The van der Waals surface area contributed by atoms with Gasteiger partial charge in [-0.25, -0.2) is 0 Å². The number of nitrogens with zero attached hydrogens (tertiary/aromatic N) is 1. The monoisotopic (exact) mass is 488 g/mol. The molecule has 0 spiro atoms. The summed E-state index contributed by atoms with van der Waals surface area (Å²) in [5.74, 6) is -0.372. The smallest absolute Gasteiger partial charge is 0.268 e. The summed E-state index contributed by atoms with van der Waals surface area (Å²) in [6.45, 7) is 0. The highest BCUT2D eigenvalue weighted by atomic mass is 35.5. The first-order valence-electron chi connectivity index (χ1n) is 11.7. The zero-order chi connectivity index (χ0) is 24.4. The molecule has 3 N–H and O–H groups in total. The first-order valence-corrected chi connectivity index (χ1v) is 12.0. The van der Waals surface area contributed by atoms with Crippen LogP contribution in [0.25, 0.3) is 22.0 Å². The van der Waals surface area contributed by atoms with Gasteiger partial charge in [0.25, 0.3) is 11.8 Å². The molecule has 1 saturated carbocycles. The Kier molecular flexibility index (Phi) is 6.42. The molecular weight excluding hydrogens is 464 g/mol. The fourth-order valence-electron chi connectivity index (χ4n) is 4.62. The van der Waals surface area contributed by atoms with Crippen molar-refractivity contribution in [1.82, 2.24) is 15.6 Å². The van der Waals surface area contributed by atoms with Gasteiger partial charge < -0.3 is 20.8 Å². The highest BCUT2D eigenvalue weighted by molar-refractivity contribution is 6.31. The molecule has 1 aliphatic rings. The molecule has 35 heavy (non-hydrogen) atoms. The van der Waals surface area contributed by atoms with Gasteiger partial charge in [-0.1, -0.05) is 36.6 Å². The summed E-state index contributed by atoms with van der Waals surface area (Å²) in [6.07, 6.45) is 6.48. The molecule has 0 radical (unpaired) electrons. The number of aromatic amines is 1. The molecule has 5 rings (SSSR count). The molecule has 4 aromatic rings. The maximum absolute atomic E-state index is 13.0. The molecule has 2 aromatic carbocycles. The number of benzene rings is 2. The third-order valence-corrected chi connectivity index (χ3v) is 6.74. The van der Waals surface area contributed by atoms with Crippen LogP contribution in [0.4, 0.5) is 0 Å². The van der Waals surface area contributed by atoms with Crippen LogP contribution in [0.1, 0.15) is 46.5 Å². The van der Waals surface area contributed by atoms with Crippen molar-refractivity contribution in [3.8, 4) is 11.1 Å². The van der Waals surface area contributed by atoms with Crippen molar-refractivity contribution in [2.24, 2.45) is 0 Å². The number of hydrogen-bond donors (Lipinski definition) is 3. The summed E-state index contributed by atoms with van der Waals surface area (Å²) in [6, 6.07) is 17.7. The van der Waals surface area contributed by atoms with E-state index in [4.69, 9.17) is 11.6 Å². The van der Waals surface area contributed by atoms with Crippen LogP contribution in [0, 0.1) is 5.21 Å². The lowest BCUT2D eigenvalue weighted by atomic mass is 9.90. The topological polar surface area (TPSA) is 101 Å². The number of carbonyl (C=O) groups is 2. The Hall–Kier alpha value is -3.84. The summed E-state index contributed by atoms with van der Waals surface area (Å²) in [7, 11) is 0. The maximum atomic E-state index is 13.0. The van der Waals surface area contributed by atoms with E-state index in [-0.39, 0.29) is 23.9 Å². The zero-order valence-corrected chi connectivity index (χ0v) is 19.7. The van der Waals surface area contributed by atoms with Crippen molar-refractivity contribution in [1.29, 1.82) is 0 Å². The molecule has 2 heterocycles. The maximum Gasteiger partial charge on any atom is 0.268 e. The van der Waals surface area contributed by atoms with Gasteiger partial charge in [0.15, 0.2) is 12.4 Å². The summed E-state index contributed by atoms with van der Waals surface area (Å²) >= 11 is 6.06. The predicted molar refractivity (Wildman–Crippen MR) is 135 cm³/mol. The Bertz CT molecular complexity index is 1370. The second kappa shape index (κ2) is 9.80. The number of nitrogens with one attached hydrogen (secondary N) is 3. The molecule has 2 amide bonds. The van der Waals surface area contributed by atoms with E-state index < -0.39 is 0 Å². The summed E-state index contributed by atoms with van der Waals surface area (Å²) in [4.78, 5) is 29.1. The number of pyridine rings is 1. The first kappa shape index (κ1) is 22.9. The van der Waals surface area contributed by atoms with E-state index in [9.17, 15) is 14.8 Å². The van der Waals surface area contributed by atoms with E-state index in [2.05, 4.69) is 15.6 Å². The average Bonchev–Trinajstić information content (AvgIpc) is 3.29. The highest BCUT2D eigenvalue weighted by Gasteiger charge is 2.28. The molecule has 0 bridgehead atoms. The minimum Gasteiger partial charge on any atom is -0.619 e. The predicted octanol–water partition coefficient (Wildman–Crippen LogP) is 4.59. The summed E-state index contributed by atoms with van der Waals surface area (Å²) in [5.41, 5.74) is 3.69. The van der Waals surface area contributed by atoms with Crippen molar-refractivity contribution in [2.75, 3.05) is 0 Å². The largest absolute Gasteiger partial charge is 0.619 e. The molecule has 8 heteroatoms. The molecule has 0 saturated heterocycles. The van der Waals surface area contributed by atoms with Gasteiger partial charge in [0.05, 0.1) is 0 Å². The number of hydrogen-bond acceptors (Lipinski definition) is 3. The van der Waals surface area contributed by atoms with Crippen LogP contribution in [0.2, 0.25) is 5.02 Å². The van der Waals surface area contributed by atoms with Gasteiger partial charge in [0.2, 0.25) is 0 Å². The molecule has 0 aliphatic heterocycles. The number of fused-ring (bicyclic) bond motifs is 1. The molecule has 1 aliphatic carbocycles. The van der Waals surface area contributed by atoms with Gasteiger partial charge >= 0.3 is 0 Å². The Morgan fingerprint density at radius 2 is 1.49 bits per heavy atom. The number of halogens is 1. The minimum absolute atomic E-state index is 0.152. The summed E-state index contributed by atoms with van der Waals surface area (Å²) in [5, 5.41) is 19.0. The number of rotatable bonds is 5. The molecular formula is C27H25ClN4O3. The van der Waals surface area contributed by atoms with E-state index in [1.807, 2.05) is 24.3 Å². The third kappa shape index (κ3) is 5.15. The molecule has 1 fully saturated rings. The van der Waals surface area contributed by atoms with E-state index in [1.54, 1.807) is 36.4 Å². The molecule has 7 nitrogen and oxygen atoms in total. The van der Waals surface area contributed by atoms with Crippen LogP contribution < -0.4 is 15.4 Å². The SMILES string of the molecule is O=C(NC1CCCCC1NC(=O)c1cc2cc(Cl)ccc2[nH]1)c1ccc(-c2cc[n+]([O-])cc2)cc1. The fourth-order valence-corrected chi connectivity index (χ4v) is 4.80. The van der Waals surface area contributed by atoms with Crippen LogP contribution in [0.3, 0.4) is 0 Å². The number of aromatic nitrogens is 2. The van der Waals surface area contributed by atoms with Crippen molar-refractivity contribution < 1.29 is 14.3 Å². The van der Waals surface area contributed by atoms with Gasteiger partial charge in [0.1, 0.15) is 5.69 Å². The number of amides is 2. The van der Waals surface area contributed by atoms with Gasteiger partial charge in [-0.15, -0.1) is 0 Å². The van der Waals surface area contributed by atoms with Crippen LogP contribution >= 0.6 is 11.6 Å². The lowest BCUT2D eigenvalue weighted by molar-refractivity contribution is -0.605. The van der Waals surface area contributed by atoms with Crippen molar-refractivity contribution in [2.45, 2.75) is 37.8 Å². The molecule has 2 aromatic heterocycles. The molecule has 2 unspecified atom stereocenters. The van der Waals surface area contributed by atoms with E-state index in [0.29, 0.717) is 16.3 Å². The zero-order valence-electron chi connectivity index (χ0n) is 19.0. The van der Waals surface area contributed by atoms with Crippen LogP contribution in [-0.4, -0.2) is 28.9 Å². The Balaban J connectivity index is 1.25. The Morgan fingerprint density at radius 3 is 2.17 bits per heavy atom. The normalized spacial score (nSPS) is 17.7. The second-order valence-electron chi connectivity index (χ2n) is 8.88.